The van der Waals surface area contributed by atoms with Gasteiger partial charge in [0.25, 0.3) is 5.69 Å². The number of halogens is 2. The monoisotopic (exact) mass is 363 g/mol. The molecule has 0 aromatic heterocycles. The quantitative estimate of drug-likeness (QED) is 0.430. The third-order valence-corrected chi connectivity index (χ3v) is 6.16. The fraction of sp³-hybridized carbons (Fsp3) is 0.455. The minimum atomic E-state index is -0.400. The first-order chi connectivity index (χ1) is 7.83. The Kier molecular flexibility index (Phi) is 3.20. The fourth-order valence-corrected chi connectivity index (χ4v) is 3.18. The van der Waals surface area contributed by atoms with Crippen LogP contribution in [0.2, 0.25) is 0 Å². The summed E-state index contributed by atoms with van der Waals surface area (Å²) < 4.78 is 5.84. The first-order valence-corrected chi connectivity index (χ1v) is 6.91. The van der Waals surface area contributed by atoms with E-state index in [-0.39, 0.29) is 20.9 Å². The van der Waals surface area contributed by atoms with Crippen molar-refractivity contribution >= 4 is 37.5 Å². The van der Waals surface area contributed by atoms with Crippen molar-refractivity contribution in [3.8, 4) is 5.75 Å². The van der Waals surface area contributed by atoms with Crippen LogP contribution in [-0.2, 0) is 0 Å². The van der Waals surface area contributed by atoms with Crippen molar-refractivity contribution in [1.82, 2.24) is 0 Å². The number of alkyl halides is 2. The molecular formula is C11H11Br2NO3. The van der Waals surface area contributed by atoms with Crippen LogP contribution < -0.4 is 4.74 Å². The highest BCUT2D eigenvalue weighted by molar-refractivity contribution is 9.12. The number of benzene rings is 1. The SMILES string of the molecule is CC1(C)Oc2ccc([N+](=O)[O-])cc2[C@@H](Br)[C@@H]1Br. The normalized spacial score (nSPS) is 25.9. The fourth-order valence-electron chi connectivity index (χ4n) is 1.81. The number of nitro benzene ring substituents is 1. The molecule has 0 saturated carbocycles. The van der Waals surface area contributed by atoms with Gasteiger partial charge in [0.05, 0.1) is 14.6 Å². The van der Waals surface area contributed by atoms with E-state index >= 15 is 0 Å². The van der Waals surface area contributed by atoms with Gasteiger partial charge in [-0.25, -0.2) is 0 Å². The van der Waals surface area contributed by atoms with Gasteiger partial charge in [-0.1, -0.05) is 31.9 Å². The maximum Gasteiger partial charge on any atom is 0.270 e. The average Bonchev–Trinajstić information content (AvgIpc) is 2.25. The lowest BCUT2D eigenvalue weighted by Crippen LogP contribution is -2.43. The second-order valence-electron chi connectivity index (χ2n) is 4.49. The number of non-ortho nitro benzene ring substituents is 1. The predicted octanol–water partition coefficient (Wildman–Crippen LogP) is 3.97. The molecule has 0 amide bonds. The van der Waals surface area contributed by atoms with Crippen LogP contribution in [-0.4, -0.2) is 15.4 Å². The first kappa shape index (κ1) is 12.8. The average molecular weight is 365 g/mol. The van der Waals surface area contributed by atoms with E-state index in [1.165, 1.54) is 6.07 Å². The summed E-state index contributed by atoms with van der Waals surface area (Å²) >= 11 is 7.13. The lowest BCUT2D eigenvalue weighted by atomic mass is 9.94. The molecule has 1 aliphatic rings. The summed E-state index contributed by atoms with van der Waals surface area (Å²) in [6.07, 6.45) is 0. The van der Waals surface area contributed by atoms with Gasteiger partial charge in [-0.15, -0.1) is 0 Å². The van der Waals surface area contributed by atoms with E-state index < -0.39 is 4.92 Å². The van der Waals surface area contributed by atoms with E-state index in [1.54, 1.807) is 12.1 Å². The van der Waals surface area contributed by atoms with Gasteiger partial charge in [-0.3, -0.25) is 10.1 Å². The van der Waals surface area contributed by atoms with E-state index in [9.17, 15) is 10.1 Å². The summed E-state index contributed by atoms with van der Waals surface area (Å²) in [5.41, 5.74) is 0.522. The molecule has 2 atom stereocenters. The molecule has 17 heavy (non-hydrogen) atoms. The highest BCUT2D eigenvalue weighted by atomic mass is 79.9. The summed E-state index contributed by atoms with van der Waals surface area (Å²) in [6, 6.07) is 4.67. The maximum absolute atomic E-state index is 10.7. The van der Waals surface area contributed by atoms with Gasteiger partial charge in [-0.05, 0) is 19.9 Å². The summed E-state index contributed by atoms with van der Waals surface area (Å²) in [6.45, 7) is 3.95. The van der Waals surface area contributed by atoms with E-state index in [4.69, 9.17) is 4.74 Å². The number of hydrogen-bond donors (Lipinski definition) is 0. The highest BCUT2D eigenvalue weighted by Gasteiger charge is 2.41. The lowest BCUT2D eigenvalue weighted by Gasteiger charge is -2.39. The lowest BCUT2D eigenvalue weighted by molar-refractivity contribution is -0.385. The second-order valence-corrected chi connectivity index (χ2v) is 6.46. The van der Waals surface area contributed by atoms with Gasteiger partial charge in [-0.2, -0.15) is 0 Å². The van der Waals surface area contributed by atoms with Crippen LogP contribution in [0.15, 0.2) is 18.2 Å². The van der Waals surface area contributed by atoms with Crippen molar-refractivity contribution in [2.75, 3.05) is 0 Å². The number of rotatable bonds is 1. The van der Waals surface area contributed by atoms with Crippen LogP contribution in [0.1, 0.15) is 24.2 Å². The maximum atomic E-state index is 10.7. The van der Waals surface area contributed by atoms with Gasteiger partial charge in [0, 0.05) is 17.7 Å². The molecule has 1 aromatic rings. The molecule has 1 aliphatic heterocycles. The number of nitro groups is 1. The molecule has 0 fully saturated rings. The van der Waals surface area contributed by atoms with Gasteiger partial charge in [0.15, 0.2) is 0 Å². The summed E-state index contributed by atoms with van der Waals surface area (Å²) in [5, 5.41) is 10.7. The van der Waals surface area contributed by atoms with E-state index in [0.717, 1.165) is 5.56 Å². The molecule has 0 bridgehead atoms. The van der Waals surface area contributed by atoms with E-state index in [2.05, 4.69) is 31.9 Å². The van der Waals surface area contributed by atoms with Gasteiger partial charge >= 0.3 is 0 Å². The third-order valence-electron chi connectivity index (χ3n) is 2.80. The Balaban J connectivity index is 2.50. The topological polar surface area (TPSA) is 52.4 Å². The number of fused-ring (bicyclic) bond motifs is 1. The molecule has 0 spiro atoms. The van der Waals surface area contributed by atoms with Crippen molar-refractivity contribution < 1.29 is 9.66 Å². The van der Waals surface area contributed by atoms with Crippen molar-refractivity contribution in [2.45, 2.75) is 29.1 Å². The zero-order valence-electron chi connectivity index (χ0n) is 9.31. The van der Waals surface area contributed by atoms with Gasteiger partial charge in [0.1, 0.15) is 11.4 Å². The summed E-state index contributed by atoms with van der Waals surface area (Å²) in [7, 11) is 0. The molecule has 1 aromatic carbocycles. The Labute approximate surface area is 116 Å². The standard InChI is InChI=1S/C11H11Br2NO3/c1-11(2)10(13)9(12)7-5-6(14(15)16)3-4-8(7)17-11/h3-5,9-10H,1-2H3/t9-,10+/m1/s1. The van der Waals surface area contributed by atoms with Crippen molar-refractivity contribution in [3.05, 3.63) is 33.9 Å². The minimum Gasteiger partial charge on any atom is -0.486 e. The minimum absolute atomic E-state index is 0.0128. The van der Waals surface area contributed by atoms with Gasteiger partial charge in [0.2, 0.25) is 0 Å². The molecule has 0 N–H and O–H groups in total. The molecule has 0 saturated heterocycles. The zero-order valence-corrected chi connectivity index (χ0v) is 12.5. The third kappa shape index (κ3) is 2.20. The van der Waals surface area contributed by atoms with Crippen molar-refractivity contribution in [1.29, 1.82) is 0 Å². The molecule has 1 heterocycles. The van der Waals surface area contributed by atoms with Crippen LogP contribution in [0.3, 0.4) is 0 Å². The molecule has 2 rings (SSSR count). The summed E-state index contributed by atoms with van der Waals surface area (Å²) in [4.78, 5) is 10.4. The first-order valence-electron chi connectivity index (χ1n) is 5.08. The molecule has 0 radical (unpaired) electrons. The zero-order chi connectivity index (χ0) is 12.8. The van der Waals surface area contributed by atoms with Crippen LogP contribution in [0, 0.1) is 10.1 Å². The molecule has 92 valence electrons. The van der Waals surface area contributed by atoms with Crippen LogP contribution in [0.5, 0.6) is 5.75 Å². The Bertz CT molecular complexity index is 476. The highest BCUT2D eigenvalue weighted by Crippen LogP contribution is 2.48. The Morgan fingerprint density at radius 3 is 2.65 bits per heavy atom. The van der Waals surface area contributed by atoms with Crippen LogP contribution in [0.4, 0.5) is 5.69 Å². The van der Waals surface area contributed by atoms with Crippen LogP contribution in [0.25, 0.3) is 0 Å². The van der Waals surface area contributed by atoms with Crippen molar-refractivity contribution in [2.24, 2.45) is 0 Å². The Hall–Kier alpha value is -0.620. The number of hydrogen-bond acceptors (Lipinski definition) is 3. The molecular weight excluding hydrogens is 354 g/mol. The van der Waals surface area contributed by atoms with E-state index in [1.807, 2.05) is 13.8 Å². The number of nitrogens with zero attached hydrogens (tertiary/aromatic N) is 1. The smallest absolute Gasteiger partial charge is 0.270 e. The predicted molar refractivity (Wildman–Crippen MR) is 72.2 cm³/mol. The van der Waals surface area contributed by atoms with Gasteiger partial charge < -0.3 is 4.74 Å². The van der Waals surface area contributed by atoms with E-state index in [0.29, 0.717) is 5.75 Å². The largest absolute Gasteiger partial charge is 0.486 e. The Morgan fingerprint density at radius 1 is 1.41 bits per heavy atom. The second kappa shape index (κ2) is 4.24. The molecule has 6 heteroatoms. The molecule has 4 nitrogen and oxygen atoms in total. The molecule has 0 unspecified atom stereocenters. The van der Waals surface area contributed by atoms with Crippen LogP contribution >= 0.6 is 31.9 Å². The van der Waals surface area contributed by atoms with Crippen molar-refractivity contribution in [3.63, 3.8) is 0 Å². The number of ether oxygens (including phenoxy) is 1. The summed E-state index contributed by atoms with van der Waals surface area (Å²) in [5.74, 6) is 0.693. The molecule has 0 aliphatic carbocycles. The Morgan fingerprint density at radius 2 is 2.06 bits per heavy atom.